The van der Waals surface area contributed by atoms with Gasteiger partial charge in [-0.2, -0.15) is 0 Å². The van der Waals surface area contributed by atoms with Gasteiger partial charge in [-0.25, -0.2) is 4.79 Å². The van der Waals surface area contributed by atoms with Crippen molar-refractivity contribution >= 4 is 23.4 Å². The van der Waals surface area contributed by atoms with Crippen LogP contribution in [0.25, 0.3) is 0 Å². The molecule has 1 aliphatic heterocycles. The smallest absolute Gasteiger partial charge is 0.332 e. The number of thioether (sulfide) groups is 1. The van der Waals surface area contributed by atoms with Crippen LogP contribution in [-0.4, -0.2) is 18.5 Å². The lowest BCUT2D eigenvalue weighted by Gasteiger charge is -2.29. The third kappa shape index (κ3) is 3.87. The highest BCUT2D eigenvalue weighted by molar-refractivity contribution is 7.99. The molecule has 2 aromatic carbocycles. The topological polar surface area (TPSA) is 47.6 Å². The molecule has 2 aromatic rings. The number of para-hydroxylation sites is 2. The Bertz CT molecular complexity index is 715. The first-order valence-corrected chi connectivity index (χ1v) is 8.29. The van der Waals surface area contributed by atoms with Crippen molar-refractivity contribution in [1.29, 1.82) is 0 Å². The van der Waals surface area contributed by atoms with E-state index in [1.54, 1.807) is 11.8 Å². The summed E-state index contributed by atoms with van der Waals surface area (Å²) in [5.41, 5.74) is 2.46. The Labute approximate surface area is 139 Å². The van der Waals surface area contributed by atoms with Gasteiger partial charge in [0.2, 0.25) is 0 Å². The number of carbonyl (C=O) groups is 1. The molecule has 1 N–H and O–H groups in total. The second kappa shape index (κ2) is 7.24. The summed E-state index contributed by atoms with van der Waals surface area (Å²) in [7, 11) is 1.36. The summed E-state index contributed by atoms with van der Waals surface area (Å²) in [5, 5.41) is 3.26. The van der Waals surface area contributed by atoms with Crippen LogP contribution in [-0.2, 0) is 15.3 Å². The molecule has 118 valence electrons. The molecule has 0 aliphatic carbocycles. The van der Waals surface area contributed by atoms with Crippen LogP contribution in [0.5, 0.6) is 5.75 Å². The van der Waals surface area contributed by atoms with E-state index < -0.39 is 5.97 Å². The lowest BCUT2D eigenvalue weighted by Crippen LogP contribution is -2.27. The highest BCUT2D eigenvalue weighted by Crippen LogP contribution is 2.37. The van der Waals surface area contributed by atoms with Crippen LogP contribution in [0.2, 0.25) is 0 Å². The third-order valence-electron chi connectivity index (χ3n) is 3.37. The summed E-state index contributed by atoms with van der Waals surface area (Å²) in [6.45, 7) is 0. The van der Waals surface area contributed by atoms with Crippen LogP contribution in [0.15, 0.2) is 66.4 Å². The van der Waals surface area contributed by atoms with Gasteiger partial charge in [0.15, 0.2) is 5.44 Å². The predicted molar refractivity (Wildman–Crippen MR) is 92.3 cm³/mol. The first-order chi connectivity index (χ1) is 11.3. The Morgan fingerprint density at radius 1 is 1.22 bits per heavy atom. The number of nitrogens with one attached hydrogen (secondary N) is 1. The van der Waals surface area contributed by atoms with Gasteiger partial charge in [0.1, 0.15) is 5.75 Å². The average Bonchev–Trinajstić information content (AvgIpc) is 2.60. The molecule has 1 aliphatic rings. The van der Waals surface area contributed by atoms with Crippen LogP contribution in [0.3, 0.4) is 0 Å². The largest absolute Gasteiger partial charge is 0.471 e. The lowest BCUT2D eigenvalue weighted by molar-refractivity contribution is -0.134. The van der Waals surface area contributed by atoms with Crippen molar-refractivity contribution in [2.45, 2.75) is 11.2 Å². The van der Waals surface area contributed by atoms with E-state index >= 15 is 0 Å². The monoisotopic (exact) mass is 327 g/mol. The molecular weight excluding hydrogens is 310 g/mol. The Hall–Kier alpha value is -2.40. The molecule has 0 aromatic heterocycles. The number of carbonyl (C=O) groups excluding carboxylic acids is 1. The van der Waals surface area contributed by atoms with E-state index in [9.17, 15) is 4.79 Å². The lowest BCUT2D eigenvalue weighted by atomic mass is 10.2. The van der Waals surface area contributed by atoms with Gasteiger partial charge in [0, 0.05) is 11.8 Å². The number of benzene rings is 2. The van der Waals surface area contributed by atoms with Gasteiger partial charge >= 0.3 is 5.97 Å². The molecule has 23 heavy (non-hydrogen) atoms. The van der Waals surface area contributed by atoms with Gasteiger partial charge < -0.3 is 14.8 Å². The fourth-order valence-electron chi connectivity index (χ4n) is 2.23. The van der Waals surface area contributed by atoms with Crippen molar-refractivity contribution in [2.24, 2.45) is 0 Å². The van der Waals surface area contributed by atoms with E-state index in [4.69, 9.17) is 9.47 Å². The summed E-state index contributed by atoms with van der Waals surface area (Å²) in [6, 6.07) is 17.8. The van der Waals surface area contributed by atoms with E-state index in [0.29, 0.717) is 5.70 Å². The Balaban J connectivity index is 1.80. The minimum Gasteiger partial charge on any atom is -0.471 e. The van der Waals surface area contributed by atoms with Crippen LogP contribution in [0, 0.1) is 0 Å². The van der Waals surface area contributed by atoms with E-state index in [-0.39, 0.29) is 5.44 Å². The minimum absolute atomic E-state index is 0.288. The number of hydrogen-bond donors (Lipinski definition) is 1. The molecule has 1 unspecified atom stereocenters. The number of ether oxygens (including phenoxy) is 2. The van der Waals surface area contributed by atoms with E-state index in [1.165, 1.54) is 18.7 Å². The molecule has 1 heterocycles. The highest BCUT2D eigenvalue weighted by atomic mass is 32.2. The van der Waals surface area contributed by atoms with Crippen LogP contribution >= 0.6 is 11.8 Å². The zero-order valence-corrected chi connectivity index (χ0v) is 13.5. The number of esters is 1. The van der Waals surface area contributed by atoms with Crippen molar-refractivity contribution < 1.29 is 14.3 Å². The van der Waals surface area contributed by atoms with Gasteiger partial charge in [-0.15, -0.1) is 11.8 Å². The summed E-state index contributed by atoms with van der Waals surface area (Å²) < 4.78 is 10.8. The molecule has 0 radical (unpaired) electrons. The maximum Gasteiger partial charge on any atom is 0.332 e. The van der Waals surface area contributed by atoms with Crippen molar-refractivity contribution in [3.8, 4) is 5.75 Å². The highest BCUT2D eigenvalue weighted by Gasteiger charge is 2.25. The fourth-order valence-corrected chi connectivity index (χ4v) is 3.24. The molecular formula is C18H17NO3S. The Morgan fingerprint density at radius 2 is 1.96 bits per heavy atom. The number of anilines is 1. The normalized spacial score (nSPS) is 17.8. The van der Waals surface area contributed by atoms with E-state index in [1.807, 2.05) is 42.5 Å². The van der Waals surface area contributed by atoms with Crippen LogP contribution < -0.4 is 10.1 Å². The summed E-state index contributed by atoms with van der Waals surface area (Å²) in [6.07, 6.45) is 1.44. The molecule has 0 spiro atoms. The maximum absolute atomic E-state index is 11.6. The average molecular weight is 327 g/mol. The molecule has 0 fully saturated rings. The summed E-state index contributed by atoms with van der Waals surface area (Å²) in [4.78, 5) is 11.6. The van der Waals surface area contributed by atoms with Gasteiger partial charge in [0.25, 0.3) is 0 Å². The molecule has 0 saturated heterocycles. The Kier molecular flexibility index (Phi) is 4.88. The second-order valence-corrected chi connectivity index (χ2v) is 6.04. The first-order valence-electron chi connectivity index (χ1n) is 7.24. The summed E-state index contributed by atoms with van der Waals surface area (Å²) in [5.74, 6) is 1.16. The zero-order valence-electron chi connectivity index (χ0n) is 12.7. The summed E-state index contributed by atoms with van der Waals surface area (Å²) >= 11 is 1.61. The van der Waals surface area contributed by atoms with Crippen molar-refractivity contribution in [2.75, 3.05) is 12.4 Å². The standard InChI is InChI=1S/C18H17NO3S/c1-21-17(20)11-15-18(23-12-13-7-3-2-4-8-13)22-16-10-6-5-9-14(16)19-15/h2-11,18-19H,12H2,1H3/b15-11-. The van der Waals surface area contributed by atoms with Gasteiger partial charge in [-0.1, -0.05) is 42.5 Å². The molecule has 5 heteroatoms. The number of fused-ring (bicyclic) bond motifs is 1. The van der Waals surface area contributed by atoms with Crippen LogP contribution in [0.4, 0.5) is 5.69 Å². The molecule has 0 amide bonds. The first kappa shape index (κ1) is 15.5. The van der Waals surface area contributed by atoms with Crippen LogP contribution in [0.1, 0.15) is 5.56 Å². The fraction of sp³-hybridized carbons (Fsp3) is 0.167. The van der Waals surface area contributed by atoms with Gasteiger partial charge in [-0.05, 0) is 17.7 Å². The Morgan fingerprint density at radius 3 is 2.74 bits per heavy atom. The van der Waals surface area contributed by atoms with Crippen molar-refractivity contribution in [3.63, 3.8) is 0 Å². The maximum atomic E-state index is 11.6. The number of hydrogen-bond acceptors (Lipinski definition) is 5. The SMILES string of the molecule is COC(=O)/C=C1\Nc2ccccc2OC1SCc1ccccc1. The number of rotatable bonds is 4. The predicted octanol–water partition coefficient (Wildman–Crippen LogP) is 3.81. The minimum atomic E-state index is -0.402. The molecule has 1 atom stereocenters. The second-order valence-electron chi connectivity index (χ2n) is 4.99. The van der Waals surface area contributed by atoms with Gasteiger partial charge in [0.05, 0.1) is 18.5 Å². The van der Waals surface area contributed by atoms with Crippen molar-refractivity contribution in [3.05, 3.63) is 71.9 Å². The van der Waals surface area contributed by atoms with E-state index in [0.717, 1.165) is 17.2 Å². The van der Waals surface area contributed by atoms with Crippen molar-refractivity contribution in [1.82, 2.24) is 0 Å². The molecule has 4 nitrogen and oxygen atoms in total. The zero-order chi connectivity index (χ0) is 16.1. The number of methoxy groups -OCH3 is 1. The quantitative estimate of drug-likeness (QED) is 0.683. The van der Waals surface area contributed by atoms with Gasteiger partial charge in [-0.3, -0.25) is 0 Å². The molecule has 3 rings (SSSR count). The molecule has 0 bridgehead atoms. The molecule has 0 saturated carbocycles. The van der Waals surface area contributed by atoms with E-state index in [2.05, 4.69) is 17.4 Å². The third-order valence-corrected chi connectivity index (χ3v) is 4.53.